The molecule has 2 fully saturated rings. The molecule has 1 saturated carbocycles. The number of nitrogens with zero attached hydrogens (tertiary/aromatic N) is 3. The predicted octanol–water partition coefficient (Wildman–Crippen LogP) is 2.03. The quantitative estimate of drug-likeness (QED) is 0.791. The van der Waals surface area contributed by atoms with Crippen LogP contribution in [0.25, 0.3) is 0 Å². The van der Waals surface area contributed by atoms with E-state index in [1.165, 1.54) is 4.90 Å². The molecule has 5 nitrogen and oxygen atoms in total. The van der Waals surface area contributed by atoms with Crippen molar-refractivity contribution in [2.75, 3.05) is 0 Å². The van der Waals surface area contributed by atoms with Gasteiger partial charge in [0.15, 0.2) is 0 Å². The third-order valence-electron chi connectivity index (χ3n) is 4.49. The number of aromatic nitrogens is 2. The number of hydrogen-bond acceptors (Lipinski definition) is 3. The molecule has 1 aliphatic carbocycles. The zero-order valence-electron chi connectivity index (χ0n) is 11.7. The van der Waals surface area contributed by atoms with Gasteiger partial charge in [0.2, 0.25) is 11.8 Å². The number of carbonyl (C=O) groups excluding carboxylic acids is 2. The summed E-state index contributed by atoms with van der Waals surface area (Å²) >= 11 is 3.54. The Kier molecular flexibility index (Phi) is 3.44. The van der Waals surface area contributed by atoms with Crippen LogP contribution in [0.4, 0.5) is 0 Å². The molecule has 108 valence electrons. The number of likely N-dealkylation sites (tertiary alicyclic amines) is 1. The number of fused-ring (bicyclic) bond motifs is 1. The van der Waals surface area contributed by atoms with E-state index in [9.17, 15) is 9.59 Å². The number of aryl methyl sites for hydroxylation is 2. The number of halogens is 1. The highest BCUT2D eigenvalue weighted by Gasteiger charge is 2.49. The van der Waals surface area contributed by atoms with E-state index in [4.69, 9.17) is 0 Å². The molecule has 2 heterocycles. The Labute approximate surface area is 126 Å². The van der Waals surface area contributed by atoms with Crippen LogP contribution in [-0.4, -0.2) is 26.5 Å². The lowest BCUT2D eigenvalue weighted by Crippen LogP contribution is -2.32. The van der Waals surface area contributed by atoms with Gasteiger partial charge < -0.3 is 0 Å². The van der Waals surface area contributed by atoms with Gasteiger partial charge in [0.1, 0.15) is 0 Å². The summed E-state index contributed by atoms with van der Waals surface area (Å²) in [5.41, 5.74) is 1.85. The largest absolute Gasteiger partial charge is 0.276 e. The fraction of sp³-hybridized carbons (Fsp3) is 0.643. The van der Waals surface area contributed by atoms with Crippen LogP contribution in [0, 0.1) is 11.8 Å². The van der Waals surface area contributed by atoms with Gasteiger partial charge in [-0.25, -0.2) is 0 Å². The van der Waals surface area contributed by atoms with E-state index in [0.29, 0.717) is 6.54 Å². The third kappa shape index (κ3) is 1.92. The summed E-state index contributed by atoms with van der Waals surface area (Å²) < 4.78 is 2.68. The Hall–Kier alpha value is -1.17. The van der Waals surface area contributed by atoms with Crippen molar-refractivity contribution in [2.45, 2.75) is 39.2 Å². The maximum atomic E-state index is 12.4. The number of carbonyl (C=O) groups is 2. The standard InChI is InChI=1S/C14H18BrN3O2/c1-3-10-12(15)11(17(2)16-10)7-18-13(19)8-5-4-6-9(8)14(18)20/h8-9H,3-7H2,1-2H3. The molecule has 1 aliphatic heterocycles. The smallest absolute Gasteiger partial charge is 0.233 e. The normalized spacial score (nSPS) is 25.6. The summed E-state index contributed by atoms with van der Waals surface area (Å²) in [5.74, 6) is -0.132. The SMILES string of the molecule is CCc1nn(C)c(CN2C(=O)C3CCCC3C2=O)c1Br. The van der Waals surface area contributed by atoms with E-state index in [-0.39, 0.29) is 23.7 Å². The molecule has 3 rings (SSSR count). The first-order chi connectivity index (χ1) is 9.54. The molecule has 2 unspecified atom stereocenters. The van der Waals surface area contributed by atoms with Crippen LogP contribution >= 0.6 is 15.9 Å². The highest BCUT2D eigenvalue weighted by atomic mass is 79.9. The van der Waals surface area contributed by atoms with Crippen molar-refractivity contribution in [3.8, 4) is 0 Å². The molecular weight excluding hydrogens is 322 g/mol. The van der Waals surface area contributed by atoms with Gasteiger partial charge in [0, 0.05) is 7.05 Å². The summed E-state index contributed by atoms with van der Waals surface area (Å²) in [7, 11) is 1.85. The van der Waals surface area contributed by atoms with Gasteiger partial charge in [-0.1, -0.05) is 13.3 Å². The molecule has 6 heteroatoms. The number of amides is 2. The van der Waals surface area contributed by atoms with Crippen LogP contribution in [0.1, 0.15) is 37.6 Å². The van der Waals surface area contributed by atoms with Crippen LogP contribution in [0.5, 0.6) is 0 Å². The van der Waals surface area contributed by atoms with Gasteiger partial charge in [-0.05, 0) is 35.2 Å². The minimum Gasteiger partial charge on any atom is -0.276 e. The number of rotatable bonds is 3. The van der Waals surface area contributed by atoms with Crippen molar-refractivity contribution >= 4 is 27.7 Å². The van der Waals surface area contributed by atoms with Gasteiger partial charge in [0.05, 0.1) is 34.2 Å². The molecule has 20 heavy (non-hydrogen) atoms. The van der Waals surface area contributed by atoms with Crippen molar-refractivity contribution in [1.82, 2.24) is 14.7 Å². The maximum Gasteiger partial charge on any atom is 0.233 e. The number of hydrogen-bond donors (Lipinski definition) is 0. The molecule has 1 aromatic rings. The lowest BCUT2D eigenvalue weighted by molar-refractivity contribution is -0.141. The third-order valence-corrected chi connectivity index (χ3v) is 5.41. The Morgan fingerprint density at radius 3 is 2.35 bits per heavy atom. The van der Waals surface area contributed by atoms with Gasteiger partial charge >= 0.3 is 0 Å². The average molecular weight is 340 g/mol. The van der Waals surface area contributed by atoms with E-state index in [0.717, 1.165) is 41.5 Å². The first kappa shape index (κ1) is 13.8. The molecule has 1 saturated heterocycles. The highest BCUT2D eigenvalue weighted by Crippen LogP contribution is 2.40. The lowest BCUT2D eigenvalue weighted by atomic mass is 10.00. The zero-order chi connectivity index (χ0) is 14.4. The molecule has 0 N–H and O–H groups in total. The fourth-order valence-electron chi connectivity index (χ4n) is 3.36. The molecule has 2 atom stereocenters. The van der Waals surface area contributed by atoms with Crippen LogP contribution in [0.2, 0.25) is 0 Å². The van der Waals surface area contributed by atoms with Crippen LogP contribution in [0.15, 0.2) is 4.47 Å². The van der Waals surface area contributed by atoms with Crippen LogP contribution in [0.3, 0.4) is 0 Å². The van der Waals surface area contributed by atoms with Crippen molar-refractivity contribution in [3.63, 3.8) is 0 Å². The predicted molar refractivity (Wildman–Crippen MR) is 76.7 cm³/mol. The zero-order valence-corrected chi connectivity index (χ0v) is 13.3. The lowest BCUT2D eigenvalue weighted by Gasteiger charge is -2.16. The highest BCUT2D eigenvalue weighted by molar-refractivity contribution is 9.10. The van der Waals surface area contributed by atoms with Crippen molar-refractivity contribution < 1.29 is 9.59 Å². The molecular formula is C14H18BrN3O2. The molecule has 0 bridgehead atoms. The topological polar surface area (TPSA) is 55.2 Å². The van der Waals surface area contributed by atoms with Crippen LogP contribution in [-0.2, 0) is 29.6 Å². The molecule has 0 spiro atoms. The minimum atomic E-state index is -0.0693. The second-order valence-electron chi connectivity index (χ2n) is 5.59. The summed E-state index contributed by atoms with van der Waals surface area (Å²) in [4.78, 5) is 26.1. The minimum absolute atomic E-state index is 0.00338. The summed E-state index contributed by atoms with van der Waals surface area (Å²) in [5, 5.41) is 4.41. The van der Waals surface area contributed by atoms with Crippen LogP contribution < -0.4 is 0 Å². The monoisotopic (exact) mass is 339 g/mol. The molecule has 0 radical (unpaired) electrons. The molecule has 2 aliphatic rings. The van der Waals surface area contributed by atoms with E-state index >= 15 is 0 Å². The summed E-state index contributed by atoms with van der Waals surface area (Å²) in [6.07, 6.45) is 3.54. The Balaban J connectivity index is 1.87. The van der Waals surface area contributed by atoms with Gasteiger partial charge in [-0.3, -0.25) is 19.2 Å². The van der Waals surface area contributed by atoms with Gasteiger partial charge in [0.25, 0.3) is 0 Å². The second kappa shape index (κ2) is 4.98. The van der Waals surface area contributed by atoms with E-state index in [1.807, 2.05) is 14.0 Å². The van der Waals surface area contributed by atoms with Crippen molar-refractivity contribution in [2.24, 2.45) is 18.9 Å². The first-order valence-electron chi connectivity index (χ1n) is 7.10. The molecule has 1 aromatic heterocycles. The van der Waals surface area contributed by atoms with Crippen molar-refractivity contribution in [1.29, 1.82) is 0 Å². The van der Waals surface area contributed by atoms with Crippen molar-refractivity contribution in [3.05, 3.63) is 15.9 Å². The Bertz CT molecular complexity index is 559. The Morgan fingerprint density at radius 2 is 1.85 bits per heavy atom. The summed E-state index contributed by atoms with van der Waals surface area (Å²) in [6.45, 7) is 2.36. The molecule has 2 amide bonds. The second-order valence-corrected chi connectivity index (χ2v) is 6.38. The van der Waals surface area contributed by atoms with E-state index < -0.39 is 0 Å². The maximum absolute atomic E-state index is 12.4. The fourth-order valence-corrected chi connectivity index (χ4v) is 4.10. The van der Waals surface area contributed by atoms with E-state index in [2.05, 4.69) is 21.0 Å². The van der Waals surface area contributed by atoms with Gasteiger partial charge in [-0.2, -0.15) is 5.10 Å². The average Bonchev–Trinajstić information content (AvgIpc) is 3.06. The van der Waals surface area contributed by atoms with Gasteiger partial charge in [-0.15, -0.1) is 0 Å². The number of imide groups is 1. The summed E-state index contributed by atoms with van der Waals surface area (Å²) in [6, 6.07) is 0. The van der Waals surface area contributed by atoms with E-state index in [1.54, 1.807) is 4.68 Å². The molecule has 0 aromatic carbocycles. The Morgan fingerprint density at radius 1 is 1.25 bits per heavy atom. The first-order valence-corrected chi connectivity index (χ1v) is 7.89.